The molecule has 1 unspecified atom stereocenters. The number of aromatic nitrogens is 4. The van der Waals surface area contributed by atoms with Crippen LogP contribution in [0.3, 0.4) is 0 Å². The lowest BCUT2D eigenvalue weighted by Gasteiger charge is -2.33. The molecule has 2 heterocycles. The maximum atomic E-state index is 14.6. The Hall–Kier alpha value is -3.98. The number of halogens is 2. The van der Waals surface area contributed by atoms with Crippen molar-refractivity contribution >= 4 is 5.91 Å². The molecule has 4 rings (SSSR count). The smallest absolute Gasteiger partial charge is 0.255 e. The van der Waals surface area contributed by atoms with Crippen LogP contribution in [-0.4, -0.2) is 49.3 Å². The van der Waals surface area contributed by atoms with E-state index in [0.717, 1.165) is 17.7 Å². The van der Waals surface area contributed by atoms with Crippen molar-refractivity contribution in [1.82, 2.24) is 24.6 Å². The Morgan fingerprint density at radius 1 is 1.12 bits per heavy atom. The number of benzene rings is 2. The van der Waals surface area contributed by atoms with E-state index in [-0.39, 0.29) is 18.7 Å². The predicted octanol–water partition coefficient (Wildman–Crippen LogP) is 3.28. The van der Waals surface area contributed by atoms with E-state index >= 15 is 0 Å². The fourth-order valence-corrected chi connectivity index (χ4v) is 3.65. The maximum Gasteiger partial charge on any atom is 0.255 e. The summed E-state index contributed by atoms with van der Waals surface area (Å²) in [6.07, 6.45) is 4.09. The third-order valence-corrected chi connectivity index (χ3v) is 5.25. The van der Waals surface area contributed by atoms with Crippen molar-refractivity contribution in [2.75, 3.05) is 13.6 Å². The molecule has 2 aromatic heterocycles. The van der Waals surface area contributed by atoms with E-state index in [2.05, 4.69) is 15.1 Å². The van der Waals surface area contributed by atoms with Gasteiger partial charge in [0.05, 0.1) is 24.3 Å². The Balaban J connectivity index is 1.58. The second-order valence-electron chi connectivity index (χ2n) is 7.71. The first-order valence-corrected chi connectivity index (χ1v) is 10.1. The predicted molar refractivity (Wildman–Crippen MR) is 117 cm³/mol. The van der Waals surface area contributed by atoms with E-state index in [4.69, 9.17) is 0 Å². The lowest BCUT2D eigenvalue weighted by atomic mass is 9.92. The van der Waals surface area contributed by atoms with Crippen LogP contribution in [0.1, 0.15) is 15.9 Å². The van der Waals surface area contributed by atoms with Crippen molar-refractivity contribution in [3.05, 3.63) is 102 Å². The van der Waals surface area contributed by atoms with Gasteiger partial charge in [0.1, 0.15) is 29.9 Å². The summed E-state index contributed by atoms with van der Waals surface area (Å²) in [7, 11) is 1.49. The first kappa shape index (κ1) is 22.2. The molecule has 0 fully saturated rings. The van der Waals surface area contributed by atoms with Crippen LogP contribution in [0.25, 0.3) is 11.3 Å². The normalized spacial score (nSPS) is 12.8. The Kier molecular flexibility index (Phi) is 6.23. The second-order valence-corrected chi connectivity index (χ2v) is 7.71. The average molecular weight is 449 g/mol. The molecule has 0 bridgehead atoms. The van der Waals surface area contributed by atoms with Gasteiger partial charge in [0.15, 0.2) is 0 Å². The van der Waals surface area contributed by atoms with Crippen LogP contribution in [0.2, 0.25) is 0 Å². The average Bonchev–Trinajstić information content (AvgIpc) is 3.31. The van der Waals surface area contributed by atoms with Gasteiger partial charge in [-0.1, -0.05) is 36.4 Å². The SMILES string of the molecule is CN(CC(O)(Cn1cncn1)c1ccc(F)cc1F)C(=O)c1ccc(-c2ccccc2)nc1. The molecule has 168 valence electrons. The quantitative estimate of drug-likeness (QED) is 0.468. The van der Waals surface area contributed by atoms with Crippen LogP contribution in [0.4, 0.5) is 8.78 Å². The molecule has 9 heteroatoms. The summed E-state index contributed by atoms with van der Waals surface area (Å²) in [5.74, 6) is -2.11. The van der Waals surface area contributed by atoms with Crippen LogP contribution in [0.5, 0.6) is 0 Å². The number of hydrogen-bond acceptors (Lipinski definition) is 5. The molecule has 0 aliphatic rings. The van der Waals surface area contributed by atoms with Crippen LogP contribution in [0, 0.1) is 11.6 Å². The number of likely N-dealkylation sites (N-methyl/N-ethyl adjacent to an activating group) is 1. The van der Waals surface area contributed by atoms with Gasteiger partial charge in [0.25, 0.3) is 5.91 Å². The molecule has 7 nitrogen and oxygen atoms in total. The zero-order valence-electron chi connectivity index (χ0n) is 17.8. The van der Waals surface area contributed by atoms with E-state index in [0.29, 0.717) is 17.3 Å². The van der Waals surface area contributed by atoms with Gasteiger partial charge in [0, 0.05) is 30.4 Å². The van der Waals surface area contributed by atoms with Crippen molar-refractivity contribution in [2.45, 2.75) is 12.1 Å². The van der Waals surface area contributed by atoms with Gasteiger partial charge >= 0.3 is 0 Å². The molecule has 0 saturated heterocycles. The largest absolute Gasteiger partial charge is 0.381 e. The molecule has 0 aliphatic carbocycles. The summed E-state index contributed by atoms with van der Waals surface area (Å²) >= 11 is 0. The van der Waals surface area contributed by atoms with Gasteiger partial charge < -0.3 is 10.0 Å². The zero-order chi connectivity index (χ0) is 23.4. The van der Waals surface area contributed by atoms with Gasteiger partial charge in [-0.2, -0.15) is 5.10 Å². The minimum atomic E-state index is -1.90. The van der Waals surface area contributed by atoms with Gasteiger partial charge in [-0.25, -0.2) is 18.4 Å². The summed E-state index contributed by atoms with van der Waals surface area (Å²) in [4.78, 5) is 22.5. The van der Waals surface area contributed by atoms with Crippen molar-refractivity contribution in [2.24, 2.45) is 0 Å². The molecule has 0 spiro atoms. The van der Waals surface area contributed by atoms with Crippen molar-refractivity contribution in [1.29, 1.82) is 0 Å². The van der Waals surface area contributed by atoms with Gasteiger partial charge in [0.2, 0.25) is 0 Å². The third-order valence-electron chi connectivity index (χ3n) is 5.25. The highest BCUT2D eigenvalue weighted by Crippen LogP contribution is 2.28. The topological polar surface area (TPSA) is 84.1 Å². The number of aliphatic hydroxyl groups is 1. The van der Waals surface area contributed by atoms with Crippen LogP contribution in [0.15, 0.2) is 79.5 Å². The number of amides is 1. The molecule has 2 aromatic carbocycles. The minimum Gasteiger partial charge on any atom is -0.381 e. The van der Waals surface area contributed by atoms with Crippen LogP contribution in [-0.2, 0) is 12.1 Å². The minimum absolute atomic E-state index is 0.156. The monoisotopic (exact) mass is 449 g/mol. The highest BCUT2D eigenvalue weighted by atomic mass is 19.1. The van der Waals surface area contributed by atoms with Gasteiger partial charge in [-0.3, -0.25) is 9.78 Å². The summed E-state index contributed by atoms with van der Waals surface area (Å²) in [5.41, 5.74) is -0.117. The van der Waals surface area contributed by atoms with E-state index in [9.17, 15) is 18.7 Å². The molecule has 1 N–H and O–H groups in total. The highest BCUT2D eigenvalue weighted by molar-refractivity contribution is 5.94. The Morgan fingerprint density at radius 3 is 2.55 bits per heavy atom. The zero-order valence-corrected chi connectivity index (χ0v) is 17.8. The highest BCUT2D eigenvalue weighted by Gasteiger charge is 2.36. The molecule has 33 heavy (non-hydrogen) atoms. The number of rotatable bonds is 7. The number of hydrogen-bond donors (Lipinski definition) is 1. The molecular weight excluding hydrogens is 428 g/mol. The van der Waals surface area contributed by atoms with Crippen LogP contribution < -0.4 is 0 Å². The van der Waals surface area contributed by atoms with Gasteiger partial charge in [-0.15, -0.1) is 0 Å². The van der Waals surface area contributed by atoms with E-state index in [1.54, 1.807) is 12.1 Å². The molecule has 0 radical (unpaired) electrons. The number of pyridine rings is 1. The van der Waals surface area contributed by atoms with Crippen molar-refractivity contribution in [3.8, 4) is 11.3 Å². The molecule has 0 saturated carbocycles. The van der Waals surface area contributed by atoms with Crippen molar-refractivity contribution in [3.63, 3.8) is 0 Å². The van der Waals surface area contributed by atoms with E-state index < -0.39 is 23.1 Å². The summed E-state index contributed by atoms with van der Waals surface area (Å²) in [6.45, 7) is -0.479. The molecule has 1 amide bonds. The molecular formula is C24H21F2N5O2. The lowest BCUT2D eigenvalue weighted by Crippen LogP contribution is -2.45. The Morgan fingerprint density at radius 2 is 1.91 bits per heavy atom. The van der Waals surface area contributed by atoms with E-state index in [1.807, 2.05) is 30.3 Å². The fourth-order valence-electron chi connectivity index (χ4n) is 3.65. The first-order valence-electron chi connectivity index (χ1n) is 10.1. The number of nitrogens with zero attached hydrogens (tertiary/aromatic N) is 5. The second kappa shape index (κ2) is 9.25. The maximum absolute atomic E-state index is 14.6. The standard InChI is InChI=1S/C24H21F2N5O2/c1-30(23(32)18-7-10-22(28-12-18)17-5-3-2-4-6-17)13-24(33,14-31-16-27-15-29-31)20-9-8-19(25)11-21(20)26/h2-12,15-16,33H,13-14H2,1H3. The Labute approximate surface area is 189 Å². The van der Waals surface area contributed by atoms with Gasteiger partial charge in [-0.05, 0) is 18.2 Å². The summed E-state index contributed by atoms with van der Waals surface area (Å²) in [5, 5.41) is 15.4. The molecule has 1 atom stereocenters. The van der Waals surface area contributed by atoms with E-state index in [1.165, 1.54) is 35.5 Å². The number of carbonyl (C=O) groups is 1. The summed E-state index contributed by atoms with van der Waals surface area (Å²) in [6, 6.07) is 15.8. The third kappa shape index (κ3) is 4.93. The van der Waals surface area contributed by atoms with Crippen LogP contribution >= 0.6 is 0 Å². The fraction of sp³-hybridized carbons (Fsp3) is 0.167. The molecule has 0 aliphatic heterocycles. The molecule has 4 aromatic rings. The number of carbonyl (C=O) groups excluding carboxylic acids is 1. The lowest BCUT2D eigenvalue weighted by molar-refractivity contribution is -0.0129. The Bertz CT molecular complexity index is 1230. The first-order chi connectivity index (χ1) is 15.9. The summed E-state index contributed by atoms with van der Waals surface area (Å²) < 4.78 is 29.4. The van der Waals surface area contributed by atoms with Crippen molar-refractivity contribution < 1.29 is 18.7 Å².